The number of aromatic nitrogens is 2. The number of nitrogens with two attached hydrogens (primary N) is 1. The lowest BCUT2D eigenvalue weighted by molar-refractivity contribution is 0.383. The molecule has 1 heterocycles. The molecule has 2 rings (SSSR count). The molecule has 6 nitrogen and oxygen atoms in total. The molecular weight excluding hydrogens is 228 g/mol. The van der Waals surface area contributed by atoms with Crippen molar-refractivity contribution in [2.45, 2.75) is 36.7 Å². The van der Waals surface area contributed by atoms with Crippen LogP contribution in [-0.2, 0) is 16.6 Å². The SMILES string of the molecule is NCCn1cc(S(=O)(=O)NC2CCC2)cn1. The van der Waals surface area contributed by atoms with Crippen molar-refractivity contribution in [2.24, 2.45) is 5.73 Å². The molecule has 0 bridgehead atoms. The van der Waals surface area contributed by atoms with Crippen molar-refractivity contribution in [2.75, 3.05) is 6.54 Å². The minimum atomic E-state index is -3.39. The molecule has 0 amide bonds. The molecule has 0 saturated heterocycles. The van der Waals surface area contributed by atoms with Gasteiger partial charge in [0.25, 0.3) is 0 Å². The normalized spacial score (nSPS) is 17.3. The van der Waals surface area contributed by atoms with Gasteiger partial charge in [0, 0.05) is 18.8 Å². The van der Waals surface area contributed by atoms with Crippen molar-refractivity contribution in [3.63, 3.8) is 0 Å². The van der Waals surface area contributed by atoms with E-state index in [1.165, 1.54) is 17.1 Å². The smallest absolute Gasteiger partial charge is 0.243 e. The van der Waals surface area contributed by atoms with E-state index in [0.717, 1.165) is 19.3 Å². The van der Waals surface area contributed by atoms with Crippen LogP contribution in [0.2, 0.25) is 0 Å². The Kier molecular flexibility index (Phi) is 3.27. The van der Waals surface area contributed by atoms with Gasteiger partial charge in [-0.15, -0.1) is 0 Å². The molecule has 90 valence electrons. The van der Waals surface area contributed by atoms with E-state index in [1.807, 2.05) is 0 Å². The first-order valence-electron chi connectivity index (χ1n) is 5.36. The van der Waals surface area contributed by atoms with Crippen LogP contribution in [0.4, 0.5) is 0 Å². The summed E-state index contributed by atoms with van der Waals surface area (Å²) in [4.78, 5) is 0.216. The Morgan fingerprint density at radius 1 is 1.56 bits per heavy atom. The lowest BCUT2D eigenvalue weighted by Crippen LogP contribution is -2.39. The maximum atomic E-state index is 11.9. The third-order valence-electron chi connectivity index (χ3n) is 2.71. The first-order chi connectivity index (χ1) is 7.62. The predicted octanol–water partition coefficient (Wildman–Crippen LogP) is -0.327. The van der Waals surface area contributed by atoms with Crippen molar-refractivity contribution in [3.05, 3.63) is 12.4 Å². The molecule has 1 aliphatic carbocycles. The second-order valence-electron chi connectivity index (χ2n) is 3.98. The van der Waals surface area contributed by atoms with Crippen LogP contribution in [0.3, 0.4) is 0 Å². The number of sulfonamides is 1. The van der Waals surface area contributed by atoms with Crippen molar-refractivity contribution in [3.8, 4) is 0 Å². The topological polar surface area (TPSA) is 90.0 Å². The van der Waals surface area contributed by atoms with E-state index < -0.39 is 10.0 Å². The fourth-order valence-corrected chi connectivity index (χ4v) is 2.81. The highest BCUT2D eigenvalue weighted by molar-refractivity contribution is 7.89. The molecular formula is C9H16N4O2S. The number of hydrogen-bond donors (Lipinski definition) is 2. The zero-order valence-corrected chi connectivity index (χ0v) is 9.78. The van der Waals surface area contributed by atoms with Gasteiger partial charge in [-0.1, -0.05) is 6.42 Å². The molecule has 0 unspecified atom stereocenters. The van der Waals surface area contributed by atoms with Gasteiger partial charge in [0.15, 0.2) is 0 Å². The summed E-state index contributed by atoms with van der Waals surface area (Å²) in [6.45, 7) is 0.968. The van der Waals surface area contributed by atoms with Crippen molar-refractivity contribution in [1.82, 2.24) is 14.5 Å². The predicted molar refractivity (Wildman–Crippen MR) is 59.2 cm³/mol. The fourth-order valence-electron chi connectivity index (χ4n) is 1.55. The minimum absolute atomic E-state index is 0.0999. The van der Waals surface area contributed by atoms with Crippen LogP contribution in [0.5, 0.6) is 0 Å². The molecule has 1 aliphatic rings. The molecule has 3 N–H and O–H groups in total. The average molecular weight is 244 g/mol. The van der Waals surface area contributed by atoms with Gasteiger partial charge in [-0.3, -0.25) is 4.68 Å². The Morgan fingerprint density at radius 2 is 2.31 bits per heavy atom. The average Bonchev–Trinajstić information content (AvgIpc) is 2.62. The number of nitrogens with zero attached hydrogens (tertiary/aromatic N) is 2. The molecule has 0 atom stereocenters. The first-order valence-corrected chi connectivity index (χ1v) is 6.85. The zero-order valence-electron chi connectivity index (χ0n) is 8.96. The van der Waals surface area contributed by atoms with E-state index in [2.05, 4.69) is 9.82 Å². The van der Waals surface area contributed by atoms with Crippen LogP contribution >= 0.6 is 0 Å². The maximum Gasteiger partial charge on any atom is 0.243 e. The Morgan fingerprint density at radius 3 is 2.88 bits per heavy atom. The monoisotopic (exact) mass is 244 g/mol. The largest absolute Gasteiger partial charge is 0.329 e. The van der Waals surface area contributed by atoms with E-state index in [4.69, 9.17) is 5.73 Å². The molecule has 1 fully saturated rings. The lowest BCUT2D eigenvalue weighted by Gasteiger charge is -2.25. The Labute approximate surface area is 94.9 Å². The van der Waals surface area contributed by atoms with Gasteiger partial charge in [0.05, 0.1) is 12.7 Å². The maximum absolute atomic E-state index is 11.9. The Bertz CT molecular complexity index is 450. The highest BCUT2D eigenvalue weighted by Gasteiger charge is 2.25. The molecule has 0 radical (unpaired) electrons. The third-order valence-corrected chi connectivity index (χ3v) is 4.18. The van der Waals surface area contributed by atoms with Gasteiger partial charge >= 0.3 is 0 Å². The summed E-state index contributed by atoms with van der Waals surface area (Å²) in [5.74, 6) is 0. The van der Waals surface area contributed by atoms with Gasteiger partial charge in [-0.2, -0.15) is 5.10 Å². The summed E-state index contributed by atoms with van der Waals surface area (Å²) in [7, 11) is -3.39. The number of nitrogens with one attached hydrogen (secondary N) is 1. The molecule has 1 aromatic heterocycles. The molecule has 16 heavy (non-hydrogen) atoms. The van der Waals surface area contributed by atoms with Gasteiger partial charge in [0.2, 0.25) is 10.0 Å². The van der Waals surface area contributed by atoms with Crippen LogP contribution in [0.1, 0.15) is 19.3 Å². The van der Waals surface area contributed by atoms with E-state index in [0.29, 0.717) is 13.1 Å². The van der Waals surface area contributed by atoms with Gasteiger partial charge in [-0.05, 0) is 12.8 Å². The zero-order chi connectivity index (χ0) is 11.6. The number of hydrogen-bond acceptors (Lipinski definition) is 4. The molecule has 0 aliphatic heterocycles. The summed E-state index contributed by atoms with van der Waals surface area (Å²) < 4.78 is 27.9. The van der Waals surface area contributed by atoms with Crippen LogP contribution in [0.25, 0.3) is 0 Å². The van der Waals surface area contributed by atoms with Crippen LogP contribution in [0.15, 0.2) is 17.3 Å². The van der Waals surface area contributed by atoms with E-state index >= 15 is 0 Å². The summed E-state index contributed by atoms with van der Waals surface area (Å²) in [5.41, 5.74) is 5.36. The molecule has 7 heteroatoms. The summed E-state index contributed by atoms with van der Waals surface area (Å²) in [6.07, 6.45) is 5.82. The van der Waals surface area contributed by atoms with Crippen molar-refractivity contribution in [1.29, 1.82) is 0 Å². The lowest BCUT2D eigenvalue weighted by atomic mass is 9.94. The van der Waals surface area contributed by atoms with Crippen molar-refractivity contribution < 1.29 is 8.42 Å². The van der Waals surface area contributed by atoms with Gasteiger partial charge in [0.1, 0.15) is 4.90 Å². The van der Waals surface area contributed by atoms with E-state index in [-0.39, 0.29) is 10.9 Å². The molecule has 1 aromatic rings. The van der Waals surface area contributed by atoms with Gasteiger partial charge < -0.3 is 5.73 Å². The Hall–Kier alpha value is -0.920. The number of rotatable bonds is 5. The summed E-state index contributed by atoms with van der Waals surface area (Å²) in [6, 6.07) is 0.0999. The minimum Gasteiger partial charge on any atom is -0.329 e. The summed E-state index contributed by atoms with van der Waals surface area (Å²) in [5, 5.41) is 3.94. The molecule has 0 spiro atoms. The second-order valence-corrected chi connectivity index (χ2v) is 5.69. The van der Waals surface area contributed by atoms with Crippen LogP contribution in [0, 0.1) is 0 Å². The molecule has 1 saturated carbocycles. The van der Waals surface area contributed by atoms with Crippen molar-refractivity contribution >= 4 is 10.0 Å². The van der Waals surface area contributed by atoms with Crippen LogP contribution in [-0.4, -0.2) is 30.8 Å². The van der Waals surface area contributed by atoms with Gasteiger partial charge in [-0.25, -0.2) is 13.1 Å². The standard InChI is InChI=1S/C9H16N4O2S/c10-4-5-13-7-9(6-11-13)16(14,15)12-8-2-1-3-8/h6-8,12H,1-5,10H2. The third kappa shape index (κ3) is 2.42. The second kappa shape index (κ2) is 4.52. The fraction of sp³-hybridized carbons (Fsp3) is 0.667. The van der Waals surface area contributed by atoms with E-state index in [9.17, 15) is 8.42 Å². The van der Waals surface area contributed by atoms with Crippen LogP contribution < -0.4 is 10.5 Å². The van der Waals surface area contributed by atoms with E-state index in [1.54, 1.807) is 0 Å². The highest BCUT2D eigenvalue weighted by atomic mass is 32.2. The first kappa shape index (κ1) is 11.6. The summed E-state index contributed by atoms with van der Waals surface area (Å²) >= 11 is 0. The highest BCUT2D eigenvalue weighted by Crippen LogP contribution is 2.20. The molecule has 0 aromatic carbocycles. The Balaban J connectivity index is 2.08. The quantitative estimate of drug-likeness (QED) is 0.742.